The zero-order valence-electron chi connectivity index (χ0n) is 20.6. The number of aliphatic hydroxyl groups excluding tert-OH is 1. The molecule has 3 aliphatic rings. The van der Waals surface area contributed by atoms with Gasteiger partial charge in [0.15, 0.2) is 0 Å². The van der Waals surface area contributed by atoms with Crippen LogP contribution in [0.5, 0.6) is 0 Å². The van der Waals surface area contributed by atoms with E-state index in [1.165, 1.54) is 4.90 Å². The predicted octanol–water partition coefficient (Wildman–Crippen LogP) is 2.03. The lowest BCUT2D eigenvalue weighted by Crippen LogP contribution is -2.52. The average Bonchev–Trinajstić information content (AvgIpc) is 3.33. The van der Waals surface area contributed by atoms with Crippen LogP contribution < -0.4 is 5.32 Å². The van der Waals surface area contributed by atoms with Crippen LogP contribution in [0.3, 0.4) is 0 Å². The zero-order chi connectivity index (χ0) is 24.0. The molecule has 4 atom stereocenters. The molecule has 33 heavy (non-hydrogen) atoms. The summed E-state index contributed by atoms with van der Waals surface area (Å²) in [4.78, 5) is 28.5. The average molecular weight is 462 g/mol. The molecule has 0 spiro atoms. The number of aliphatic hydroxyl groups is 1. The van der Waals surface area contributed by atoms with E-state index < -0.39 is 23.6 Å². The number of carbonyl (C=O) groups excluding carboxylic acids is 2. The molecule has 3 unspecified atom stereocenters. The van der Waals surface area contributed by atoms with Gasteiger partial charge in [-0.25, -0.2) is 4.68 Å². The van der Waals surface area contributed by atoms with Crippen molar-refractivity contribution in [3.05, 3.63) is 11.9 Å². The van der Waals surface area contributed by atoms with Crippen LogP contribution in [0.1, 0.15) is 84.4 Å². The summed E-state index contributed by atoms with van der Waals surface area (Å²) in [5.74, 6) is -0.0108. The van der Waals surface area contributed by atoms with E-state index >= 15 is 0 Å². The van der Waals surface area contributed by atoms with E-state index in [1.54, 1.807) is 4.68 Å². The van der Waals surface area contributed by atoms with Gasteiger partial charge in [0.05, 0.1) is 17.9 Å². The summed E-state index contributed by atoms with van der Waals surface area (Å²) in [5, 5.41) is 21.9. The first-order valence-corrected chi connectivity index (χ1v) is 12.3. The van der Waals surface area contributed by atoms with Crippen molar-refractivity contribution in [1.29, 1.82) is 0 Å². The Balaban J connectivity index is 1.48. The molecule has 1 aromatic rings. The van der Waals surface area contributed by atoms with Gasteiger partial charge in [0.2, 0.25) is 11.8 Å². The summed E-state index contributed by atoms with van der Waals surface area (Å²) in [6.45, 7) is 11.5. The summed E-state index contributed by atoms with van der Waals surface area (Å²) in [6.07, 6.45) is 5.59. The van der Waals surface area contributed by atoms with E-state index in [9.17, 15) is 14.7 Å². The minimum atomic E-state index is -0.731. The van der Waals surface area contributed by atoms with Crippen molar-refractivity contribution < 1.29 is 19.4 Å². The Morgan fingerprint density at radius 3 is 2.70 bits per heavy atom. The normalized spacial score (nSPS) is 28.5. The second kappa shape index (κ2) is 8.98. The fourth-order valence-electron chi connectivity index (χ4n) is 5.11. The Hall–Kier alpha value is -2.00. The maximum absolute atomic E-state index is 13.8. The van der Waals surface area contributed by atoms with Crippen molar-refractivity contribution in [1.82, 2.24) is 25.2 Å². The van der Waals surface area contributed by atoms with Gasteiger partial charge >= 0.3 is 0 Å². The molecular weight excluding hydrogens is 422 g/mol. The largest absolute Gasteiger partial charge is 0.391 e. The molecule has 2 saturated heterocycles. The summed E-state index contributed by atoms with van der Waals surface area (Å²) >= 11 is 0. The molecule has 184 valence electrons. The van der Waals surface area contributed by atoms with Crippen LogP contribution >= 0.6 is 0 Å². The van der Waals surface area contributed by atoms with Gasteiger partial charge in [-0.3, -0.25) is 9.59 Å². The van der Waals surface area contributed by atoms with Gasteiger partial charge in [0.1, 0.15) is 12.1 Å². The van der Waals surface area contributed by atoms with Gasteiger partial charge < -0.3 is 20.1 Å². The maximum Gasteiger partial charge on any atom is 0.248 e. The molecule has 0 radical (unpaired) electrons. The van der Waals surface area contributed by atoms with Crippen LogP contribution in [0.2, 0.25) is 0 Å². The number of nitrogens with one attached hydrogen (secondary N) is 1. The lowest BCUT2D eigenvalue weighted by atomic mass is 9.80. The Morgan fingerprint density at radius 1 is 1.33 bits per heavy atom. The van der Waals surface area contributed by atoms with Crippen molar-refractivity contribution in [2.45, 2.75) is 96.9 Å². The number of aromatic nitrogens is 3. The van der Waals surface area contributed by atoms with E-state index in [-0.39, 0.29) is 36.3 Å². The maximum atomic E-state index is 13.8. The fourth-order valence-corrected chi connectivity index (χ4v) is 5.11. The van der Waals surface area contributed by atoms with Crippen LogP contribution in [0, 0.1) is 10.8 Å². The van der Waals surface area contributed by atoms with E-state index in [1.807, 2.05) is 27.0 Å². The number of rotatable bonds is 6. The standard InChI is InChI=1S/C24H39N5O4/c1-23(2,3)20(29-14-17(26-27-29)15-7-8-15)22(32)28-13-16(30)11-18(28)21(31)25-12-19-24(4,5)9-6-10-33-19/h14-16,18-20,30H,6-13H2,1-5H3,(H,25,31)/t16?,18?,19?,20-/m1/s1. The Labute approximate surface area is 196 Å². The number of hydrogen-bond acceptors (Lipinski definition) is 6. The second-order valence-corrected chi connectivity index (χ2v) is 11.8. The lowest BCUT2D eigenvalue weighted by Gasteiger charge is -2.39. The Bertz CT molecular complexity index is 872. The number of carbonyl (C=O) groups is 2. The third kappa shape index (κ3) is 5.24. The lowest BCUT2D eigenvalue weighted by molar-refractivity contribution is -0.144. The number of amides is 2. The van der Waals surface area contributed by atoms with Crippen LogP contribution in [-0.4, -0.2) is 74.8 Å². The summed E-state index contributed by atoms with van der Waals surface area (Å²) in [7, 11) is 0. The van der Waals surface area contributed by atoms with Gasteiger partial charge in [-0.05, 0) is 36.5 Å². The molecule has 3 heterocycles. The van der Waals surface area contributed by atoms with Crippen molar-refractivity contribution in [2.75, 3.05) is 19.7 Å². The number of nitrogens with zero attached hydrogens (tertiary/aromatic N) is 4. The molecule has 3 fully saturated rings. The van der Waals surface area contributed by atoms with Crippen LogP contribution in [0.4, 0.5) is 0 Å². The quantitative estimate of drug-likeness (QED) is 0.671. The molecule has 0 bridgehead atoms. The summed E-state index contributed by atoms with van der Waals surface area (Å²) < 4.78 is 7.55. The predicted molar refractivity (Wildman–Crippen MR) is 122 cm³/mol. The number of β-amino-alcohol motifs (C(OH)–C–C–N with tert-alkyl or cyclic N) is 1. The molecule has 0 aromatic carbocycles. The number of likely N-dealkylation sites (tertiary alicyclic amines) is 1. The van der Waals surface area contributed by atoms with Crippen molar-refractivity contribution >= 4 is 11.8 Å². The Morgan fingerprint density at radius 2 is 2.06 bits per heavy atom. The number of hydrogen-bond donors (Lipinski definition) is 2. The first kappa shape index (κ1) is 24.1. The molecule has 9 heteroatoms. The fraction of sp³-hybridized carbons (Fsp3) is 0.833. The third-order valence-electron chi connectivity index (χ3n) is 7.32. The second-order valence-electron chi connectivity index (χ2n) is 11.8. The molecule has 2 amide bonds. The highest BCUT2D eigenvalue weighted by Gasteiger charge is 2.46. The topological polar surface area (TPSA) is 110 Å². The molecule has 4 rings (SSSR count). The Kier molecular flexibility index (Phi) is 6.57. The van der Waals surface area contributed by atoms with Gasteiger partial charge in [0, 0.05) is 38.2 Å². The van der Waals surface area contributed by atoms with E-state index in [2.05, 4.69) is 29.5 Å². The van der Waals surface area contributed by atoms with Crippen LogP contribution in [0.15, 0.2) is 6.20 Å². The van der Waals surface area contributed by atoms with Gasteiger partial charge in [-0.1, -0.05) is 39.8 Å². The number of ether oxygens (including phenoxy) is 1. The summed E-state index contributed by atoms with van der Waals surface area (Å²) in [6, 6.07) is -1.32. The highest BCUT2D eigenvalue weighted by molar-refractivity contribution is 5.90. The van der Waals surface area contributed by atoms with E-state index in [0.29, 0.717) is 19.1 Å². The SMILES string of the molecule is CC1(C)CCCOC1CNC(=O)C1CC(O)CN1C(=O)[C@@H](n1cc(C2CC2)nn1)C(C)(C)C. The van der Waals surface area contributed by atoms with Crippen molar-refractivity contribution in [3.8, 4) is 0 Å². The van der Waals surface area contributed by atoms with Gasteiger partial charge in [-0.2, -0.15) is 0 Å². The van der Waals surface area contributed by atoms with Gasteiger partial charge in [0.25, 0.3) is 0 Å². The minimum absolute atomic E-state index is 0.0140. The zero-order valence-corrected chi connectivity index (χ0v) is 20.6. The van der Waals surface area contributed by atoms with Crippen LogP contribution in [0.25, 0.3) is 0 Å². The molecule has 2 N–H and O–H groups in total. The molecule has 2 aliphatic heterocycles. The van der Waals surface area contributed by atoms with Crippen molar-refractivity contribution in [2.24, 2.45) is 10.8 Å². The van der Waals surface area contributed by atoms with Gasteiger partial charge in [-0.15, -0.1) is 5.10 Å². The van der Waals surface area contributed by atoms with Crippen molar-refractivity contribution in [3.63, 3.8) is 0 Å². The molecular formula is C24H39N5O4. The highest BCUT2D eigenvalue weighted by Crippen LogP contribution is 2.40. The highest BCUT2D eigenvalue weighted by atomic mass is 16.5. The minimum Gasteiger partial charge on any atom is -0.391 e. The first-order valence-electron chi connectivity index (χ1n) is 12.3. The van der Waals surface area contributed by atoms with Crippen LogP contribution in [-0.2, 0) is 14.3 Å². The molecule has 1 aliphatic carbocycles. The van der Waals surface area contributed by atoms with E-state index in [0.717, 1.165) is 31.4 Å². The summed E-state index contributed by atoms with van der Waals surface area (Å²) in [5.41, 5.74) is 0.461. The van der Waals surface area contributed by atoms with E-state index in [4.69, 9.17) is 4.74 Å². The molecule has 1 aromatic heterocycles. The smallest absolute Gasteiger partial charge is 0.248 e. The monoisotopic (exact) mass is 461 g/mol. The first-order chi connectivity index (χ1) is 15.5. The third-order valence-corrected chi connectivity index (χ3v) is 7.32. The molecule has 1 saturated carbocycles. The molecule has 9 nitrogen and oxygen atoms in total.